The first-order valence-electron chi connectivity index (χ1n) is 7.06. The summed E-state index contributed by atoms with van der Waals surface area (Å²) in [4.78, 5) is 4.52. The molecule has 0 bridgehead atoms. The lowest BCUT2D eigenvalue weighted by molar-refractivity contribution is -0.0354. The molecule has 2 N–H and O–H groups in total. The first-order chi connectivity index (χ1) is 8.69. The van der Waals surface area contributed by atoms with E-state index in [4.69, 9.17) is 0 Å². The summed E-state index contributed by atoms with van der Waals surface area (Å²) in [5.41, 5.74) is 1.83. The van der Waals surface area contributed by atoms with Gasteiger partial charge in [0.2, 0.25) is 0 Å². The van der Waals surface area contributed by atoms with E-state index in [0.29, 0.717) is 5.92 Å². The molecule has 3 nitrogen and oxygen atoms in total. The molecule has 3 atom stereocenters. The summed E-state index contributed by atoms with van der Waals surface area (Å²) in [6, 6.07) is 4.15. The van der Waals surface area contributed by atoms with Gasteiger partial charge in [-0.3, -0.25) is 4.98 Å². The lowest BCUT2D eigenvalue weighted by atomic mass is 9.74. The van der Waals surface area contributed by atoms with E-state index in [0.717, 1.165) is 38.0 Å². The van der Waals surface area contributed by atoms with Crippen LogP contribution in [0.25, 0.3) is 0 Å². The maximum absolute atomic E-state index is 11.0. The molecule has 0 aromatic carbocycles. The number of fused-ring (bicyclic) bond motifs is 1. The van der Waals surface area contributed by atoms with Crippen LogP contribution in [0.3, 0.4) is 0 Å². The van der Waals surface area contributed by atoms with Crippen molar-refractivity contribution in [1.29, 1.82) is 0 Å². The van der Waals surface area contributed by atoms with Gasteiger partial charge >= 0.3 is 0 Å². The molecule has 0 spiro atoms. The summed E-state index contributed by atoms with van der Waals surface area (Å²) in [7, 11) is 0. The van der Waals surface area contributed by atoms with Crippen LogP contribution in [0.1, 0.15) is 43.4 Å². The Bertz CT molecular complexity index is 424. The molecule has 1 aliphatic carbocycles. The van der Waals surface area contributed by atoms with Gasteiger partial charge in [0.25, 0.3) is 0 Å². The monoisotopic (exact) mass is 246 g/mol. The molecular formula is C15H22N2O. The highest BCUT2D eigenvalue weighted by atomic mass is 16.3. The van der Waals surface area contributed by atoms with E-state index in [1.54, 1.807) is 0 Å². The molecule has 1 aliphatic heterocycles. The number of rotatable bonds is 2. The van der Waals surface area contributed by atoms with Gasteiger partial charge in [0.15, 0.2) is 0 Å². The van der Waals surface area contributed by atoms with Gasteiger partial charge < -0.3 is 10.4 Å². The van der Waals surface area contributed by atoms with Crippen molar-refractivity contribution in [3.63, 3.8) is 0 Å². The Balaban J connectivity index is 1.86. The molecule has 1 saturated heterocycles. The van der Waals surface area contributed by atoms with Gasteiger partial charge in [-0.15, -0.1) is 0 Å². The molecule has 0 amide bonds. The Morgan fingerprint density at radius 3 is 3.11 bits per heavy atom. The Morgan fingerprint density at radius 2 is 2.33 bits per heavy atom. The number of nitrogens with zero attached hydrogens (tertiary/aromatic N) is 1. The second kappa shape index (κ2) is 4.63. The van der Waals surface area contributed by atoms with E-state index in [1.165, 1.54) is 12.0 Å². The van der Waals surface area contributed by atoms with Crippen molar-refractivity contribution in [3.8, 4) is 0 Å². The predicted octanol–water partition coefficient (Wildman–Crippen LogP) is 1.86. The van der Waals surface area contributed by atoms with Crippen LogP contribution >= 0.6 is 0 Å². The van der Waals surface area contributed by atoms with Crippen molar-refractivity contribution in [2.24, 2.45) is 5.92 Å². The van der Waals surface area contributed by atoms with Crippen molar-refractivity contribution in [3.05, 3.63) is 29.6 Å². The minimum Gasteiger partial charge on any atom is -0.389 e. The smallest absolute Gasteiger partial charge is 0.0743 e. The zero-order valence-electron chi connectivity index (χ0n) is 11.0. The Labute approximate surface area is 109 Å². The molecule has 2 aliphatic rings. The third-order valence-corrected chi connectivity index (χ3v) is 4.79. The van der Waals surface area contributed by atoms with Crippen LogP contribution in [-0.4, -0.2) is 28.8 Å². The summed E-state index contributed by atoms with van der Waals surface area (Å²) >= 11 is 0. The average Bonchev–Trinajstić information content (AvgIpc) is 2.84. The molecule has 18 heavy (non-hydrogen) atoms. The SMILES string of the molecule is CC(O)(C1CCCNC1)C1CCc2cccnc21. The second-order valence-electron chi connectivity index (χ2n) is 5.91. The lowest BCUT2D eigenvalue weighted by Crippen LogP contribution is -2.47. The number of hydrogen-bond acceptors (Lipinski definition) is 3. The van der Waals surface area contributed by atoms with Crippen molar-refractivity contribution in [2.75, 3.05) is 13.1 Å². The summed E-state index contributed by atoms with van der Waals surface area (Å²) in [5, 5.41) is 14.4. The van der Waals surface area contributed by atoms with E-state index < -0.39 is 5.60 Å². The first-order valence-corrected chi connectivity index (χ1v) is 7.06. The van der Waals surface area contributed by atoms with E-state index in [-0.39, 0.29) is 5.92 Å². The van der Waals surface area contributed by atoms with Gasteiger partial charge in [0, 0.05) is 30.3 Å². The highest BCUT2D eigenvalue weighted by Crippen LogP contribution is 2.43. The number of aromatic nitrogens is 1. The summed E-state index contributed by atoms with van der Waals surface area (Å²) in [5.74, 6) is 0.558. The third-order valence-electron chi connectivity index (χ3n) is 4.79. The largest absolute Gasteiger partial charge is 0.389 e. The van der Waals surface area contributed by atoms with Crippen molar-refractivity contribution in [2.45, 2.75) is 44.1 Å². The summed E-state index contributed by atoms with van der Waals surface area (Å²) in [6.45, 7) is 4.04. The number of piperidine rings is 1. The number of pyridine rings is 1. The first kappa shape index (κ1) is 12.1. The molecule has 1 aromatic rings. The molecule has 0 saturated carbocycles. The van der Waals surface area contributed by atoms with Gasteiger partial charge in [0.05, 0.1) is 5.60 Å². The van der Waals surface area contributed by atoms with Gasteiger partial charge in [-0.1, -0.05) is 6.07 Å². The zero-order valence-corrected chi connectivity index (χ0v) is 11.0. The van der Waals surface area contributed by atoms with Crippen molar-refractivity contribution < 1.29 is 5.11 Å². The van der Waals surface area contributed by atoms with Gasteiger partial charge in [-0.25, -0.2) is 0 Å². The number of nitrogens with one attached hydrogen (secondary N) is 1. The van der Waals surface area contributed by atoms with Crippen molar-refractivity contribution in [1.82, 2.24) is 10.3 Å². The van der Waals surface area contributed by atoms with Crippen LogP contribution in [0.5, 0.6) is 0 Å². The van der Waals surface area contributed by atoms with E-state index in [2.05, 4.69) is 16.4 Å². The Hall–Kier alpha value is -0.930. The predicted molar refractivity (Wildman–Crippen MR) is 71.5 cm³/mol. The Kier molecular flexibility index (Phi) is 3.12. The third kappa shape index (κ3) is 1.95. The van der Waals surface area contributed by atoms with Gasteiger partial charge in [-0.2, -0.15) is 0 Å². The molecular weight excluding hydrogens is 224 g/mol. The molecule has 3 rings (SSSR count). The molecule has 3 heteroatoms. The Morgan fingerprint density at radius 1 is 1.44 bits per heavy atom. The standard InChI is InChI=1S/C15H22N2O/c1-15(18,12-5-3-8-16-10-12)13-7-6-11-4-2-9-17-14(11)13/h2,4,9,12-13,16,18H,3,5-8,10H2,1H3. The van der Waals surface area contributed by atoms with E-state index >= 15 is 0 Å². The summed E-state index contributed by atoms with van der Waals surface area (Å²) < 4.78 is 0. The minimum absolute atomic E-state index is 0.207. The lowest BCUT2D eigenvalue weighted by Gasteiger charge is -2.40. The van der Waals surface area contributed by atoms with E-state index in [9.17, 15) is 5.11 Å². The normalized spacial score (nSPS) is 30.8. The second-order valence-corrected chi connectivity index (χ2v) is 5.91. The number of hydrogen-bond donors (Lipinski definition) is 2. The van der Waals surface area contributed by atoms with Crippen LogP contribution in [0, 0.1) is 5.92 Å². The summed E-state index contributed by atoms with van der Waals surface area (Å²) in [6.07, 6.45) is 6.24. The van der Waals surface area contributed by atoms with Crippen molar-refractivity contribution >= 4 is 0 Å². The minimum atomic E-state index is -0.632. The molecule has 3 unspecified atom stereocenters. The average molecular weight is 246 g/mol. The fourth-order valence-corrected chi connectivity index (χ4v) is 3.62. The highest BCUT2D eigenvalue weighted by molar-refractivity contribution is 5.31. The van der Waals surface area contributed by atoms with Crippen LogP contribution in [0.2, 0.25) is 0 Å². The molecule has 1 fully saturated rings. The van der Waals surface area contributed by atoms with E-state index in [1.807, 2.05) is 19.2 Å². The maximum atomic E-state index is 11.0. The van der Waals surface area contributed by atoms with Crippen LogP contribution in [0.4, 0.5) is 0 Å². The maximum Gasteiger partial charge on any atom is 0.0743 e. The highest BCUT2D eigenvalue weighted by Gasteiger charge is 2.44. The van der Waals surface area contributed by atoms with Gasteiger partial charge in [0.1, 0.15) is 0 Å². The fraction of sp³-hybridized carbons (Fsp3) is 0.667. The van der Waals surface area contributed by atoms with Crippen LogP contribution in [-0.2, 0) is 6.42 Å². The molecule has 1 aromatic heterocycles. The van der Waals surface area contributed by atoms with Gasteiger partial charge in [-0.05, 0) is 50.8 Å². The quantitative estimate of drug-likeness (QED) is 0.837. The number of aliphatic hydroxyl groups is 1. The fourth-order valence-electron chi connectivity index (χ4n) is 3.62. The van der Waals surface area contributed by atoms with Crippen LogP contribution in [0.15, 0.2) is 18.3 Å². The zero-order chi connectivity index (χ0) is 12.6. The van der Waals surface area contributed by atoms with Crippen LogP contribution < -0.4 is 5.32 Å². The molecule has 2 heterocycles. The molecule has 98 valence electrons. The topological polar surface area (TPSA) is 45.1 Å². The number of aryl methyl sites for hydroxylation is 1. The molecule has 0 radical (unpaired) electrons.